The van der Waals surface area contributed by atoms with Crippen LogP contribution in [0.2, 0.25) is 5.02 Å². The number of hydrogen-bond donors (Lipinski definition) is 0. The van der Waals surface area contributed by atoms with Crippen molar-refractivity contribution < 1.29 is 9.32 Å². The van der Waals surface area contributed by atoms with Crippen LogP contribution in [-0.2, 0) is 4.79 Å². The van der Waals surface area contributed by atoms with Crippen LogP contribution in [0, 0.1) is 18.8 Å². The van der Waals surface area contributed by atoms with Crippen molar-refractivity contribution in [3.8, 4) is 0 Å². The van der Waals surface area contributed by atoms with E-state index in [1.807, 2.05) is 27.7 Å². The molecule has 1 saturated carbocycles. The molecular formula is C25H30ClN3O3. The van der Waals surface area contributed by atoms with Crippen LogP contribution in [-0.4, -0.2) is 33.6 Å². The molecule has 0 spiro atoms. The largest absolute Gasteiger partial charge is 0.360 e. The third kappa shape index (κ3) is 3.72. The van der Waals surface area contributed by atoms with Gasteiger partial charge in [-0.2, -0.15) is 0 Å². The molecule has 32 heavy (non-hydrogen) atoms. The lowest BCUT2D eigenvalue weighted by Gasteiger charge is -2.34. The Labute approximate surface area is 192 Å². The van der Waals surface area contributed by atoms with Gasteiger partial charge in [-0.15, -0.1) is 0 Å². The number of benzene rings is 1. The summed E-state index contributed by atoms with van der Waals surface area (Å²) in [6.07, 6.45) is 6.56. The Kier molecular flexibility index (Phi) is 5.74. The first-order valence-electron chi connectivity index (χ1n) is 11.8. The molecule has 0 radical (unpaired) electrons. The first-order valence-corrected chi connectivity index (χ1v) is 12.2. The molecular weight excluding hydrogens is 426 g/mol. The van der Waals surface area contributed by atoms with Gasteiger partial charge >= 0.3 is 0 Å². The zero-order valence-electron chi connectivity index (χ0n) is 18.8. The maximum absolute atomic E-state index is 13.6. The fourth-order valence-corrected chi connectivity index (χ4v) is 5.91. The van der Waals surface area contributed by atoms with Crippen LogP contribution in [0.25, 0.3) is 21.8 Å². The number of aromatic nitrogens is 2. The lowest BCUT2D eigenvalue weighted by Crippen LogP contribution is -2.39. The van der Waals surface area contributed by atoms with E-state index in [-0.39, 0.29) is 17.5 Å². The number of carbonyl (C=O) groups excluding carboxylic acids is 1. The summed E-state index contributed by atoms with van der Waals surface area (Å²) < 4.78 is 7.27. The molecule has 2 fully saturated rings. The second kappa shape index (κ2) is 8.54. The average molecular weight is 456 g/mol. The molecule has 2 aromatic heterocycles. The van der Waals surface area contributed by atoms with Gasteiger partial charge in [0.2, 0.25) is 5.91 Å². The lowest BCUT2D eigenvalue weighted by molar-refractivity contribution is -0.133. The minimum absolute atomic E-state index is 0.0371. The van der Waals surface area contributed by atoms with Crippen LogP contribution >= 0.6 is 11.6 Å². The van der Waals surface area contributed by atoms with Gasteiger partial charge in [0.15, 0.2) is 0 Å². The number of rotatable bonds is 3. The number of halogens is 1. The highest BCUT2D eigenvalue weighted by atomic mass is 35.5. The van der Waals surface area contributed by atoms with E-state index in [0.29, 0.717) is 39.9 Å². The van der Waals surface area contributed by atoms with E-state index < -0.39 is 0 Å². The average Bonchev–Trinajstić information content (AvgIpc) is 3.16. The number of pyridine rings is 1. The van der Waals surface area contributed by atoms with E-state index >= 15 is 0 Å². The Bertz CT molecular complexity index is 1220. The lowest BCUT2D eigenvalue weighted by atomic mass is 9.82. The molecule has 5 rings (SSSR count). The smallest absolute Gasteiger partial charge is 0.264 e. The predicted molar refractivity (Wildman–Crippen MR) is 126 cm³/mol. The number of hydrogen-bond acceptors (Lipinski definition) is 4. The molecule has 7 heteroatoms. The molecule has 2 atom stereocenters. The summed E-state index contributed by atoms with van der Waals surface area (Å²) in [5, 5.41) is 5.98. The Morgan fingerprint density at radius 1 is 1.19 bits per heavy atom. The van der Waals surface area contributed by atoms with Crippen LogP contribution < -0.4 is 5.56 Å². The fourth-order valence-electron chi connectivity index (χ4n) is 5.65. The summed E-state index contributed by atoms with van der Waals surface area (Å²) >= 11 is 6.56. The molecule has 0 bridgehead atoms. The van der Waals surface area contributed by atoms with Crippen molar-refractivity contribution in [2.75, 3.05) is 13.1 Å². The molecule has 3 heterocycles. The second-order valence-electron chi connectivity index (χ2n) is 9.73. The quantitative estimate of drug-likeness (QED) is 0.524. The third-order valence-corrected chi connectivity index (χ3v) is 7.82. The van der Waals surface area contributed by atoms with Crippen LogP contribution in [0.3, 0.4) is 0 Å². The molecule has 2 aliphatic rings. The minimum Gasteiger partial charge on any atom is -0.360 e. The van der Waals surface area contributed by atoms with Crippen LogP contribution in [0.5, 0.6) is 0 Å². The van der Waals surface area contributed by atoms with Gasteiger partial charge in [-0.05, 0) is 63.0 Å². The summed E-state index contributed by atoms with van der Waals surface area (Å²) in [4.78, 5) is 28.6. The van der Waals surface area contributed by atoms with E-state index in [4.69, 9.17) is 16.1 Å². The SMILES string of the molecule is Cc1onc2c1c(=O)n(C1CCCC(CC(=O)N3CCC(C)CC3)C1)c1cccc(Cl)c21. The topological polar surface area (TPSA) is 68.3 Å². The first kappa shape index (κ1) is 21.5. The van der Waals surface area contributed by atoms with Gasteiger partial charge in [-0.3, -0.25) is 9.59 Å². The molecule has 1 aliphatic heterocycles. The van der Waals surface area contributed by atoms with Crippen LogP contribution in [0.1, 0.15) is 63.7 Å². The predicted octanol–water partition coefficient (Wildman–Crippen LogP) is 5.48. The van der Waals surface area contributed by atoms with Gasteiger partial charge in [0, 0.05) is 30.9 Å². The second-order valence-corrected chi connectivity index (χ2v) is 10.1. The molecule has 1 amide bonds. The third-order valence-electron chi connectivity index (χ3n) is 7.50. The number of fused-ring (bicyclic) bond motifs is 3. The summed E-state index contributed by atoms with van der Waals surface area (Å²) in [5.74, 6) is 1.79. The van der Waals surface area contributed by atoms with Crippen molar-refractivity contribution >= 4 is 39.3 Å². The Morgan fingerprint density at radius 3 is 2.75 bits per heavy atom. The number of amides is 1. The number of nitrogens with zero attached hydrogens (tertiary/aromatic N) is 3. The summed E-state index contributed by atoms with van der Waals surface area (Å²) in [5.41, 5.74) is 1.26. The fraction of sp³-hybridized carbons (Fsp3) is 0.560. The zero-order chi connectivity index (χ0) is 22.4. The molecule has 1 saturated heterocycles. The van der Waals surface area contributed by atoms with E-state index in [0.717, 1.165) is 62.5 Å². The molecule has 3 aromatic rings. The van der Waals surface area contributed by atoms with Crippen molar-refractivity contribution in [2.24, 2.45) is 11.8 Å². The number of aryl methyl sites for hydroxylation is 1. The molecule has 1 aromatic carbocycles. The molecule has 170 valence electrons. The highest BCUT2D eigenvalue weighted by Crippen LogP contribution is 2.38. The highest BCUT2D eigenvalue weighted by molar-refractivity contribution is 6.37. The van der Waals surface area contributed by atoms with E-state index in [1.165, 1.54) is 0 Å². The van der Waals surface area contributed by atoms with Gasteiger partial charge in [0.25, 0.3) is 5.56 Å². The van der Waals surface area contributed by atoms with Gasteiger partial charge in [-0.1, -0.05) is 36.2 Å². The van der Waals surface area contributed by atoms with Crippen LogP contribution in [0.15, 0.2) is 27.5 Å². The number of piperidine rings is 1. The number of carbonyl (C=O) groups is 1. The normalized spacial score (nSPS) is 22.7. The Hall–Kier alpha value is -2.34. The molecule has 1 aliphatic carbocycles. The first-order chi connectivity index (χ1) is 15.4. The van der Waals surface area contributed by atoms with Gasteiger partial charge in [-0.25, -0.2) is 0 Å². The molecule has 6 nitrogen and oxygen atoms in total. The highest BCUT2D eigenvalue weighted by Gasteiger charge is 2.30. The zero-order valence-corrected chi connectivity index (χ0v) is 19.5. The van der Waals surface area contributed by atoms with Crippen LogP contribution in [0.4, 0.5) is 0 Å². The maximum Gasteiger partial charge on any atom is 0.264 e. The summed E-state index contributed by atoms with van der Waals surface area (Å²) in [7, 11) is 0. The van der Waals surface area contributed by atoms with E-state index in [1.54, 1.807) is 6.92 Å². The van der Waals surface area contributed by atoms with Crippen molar-refractivity contribution in [1.29, 1.82) is 0 Å². The van der Waals surface area contributed by atoms with E-state index in [9.17, 15) is 9.59 Å². The molecule has 0 N–H and O–H groups in total. The summed E-state index contributed by atoms with van der Waals surface area (Å²) in [6.45, 7) is 5.78. The van der Waals surface area contributed by atoms with Crippen molar-refractivity contribution in [3.63, 3.8) is 0 Å². The standard InChI is InChI=1S/C25H30ClN3O3/c1-15-9-11-28(12-10-15)21(30)14-17-5-3-6-18(13-17)29-20-8-4-7-19(26)23(20)24-22(25(29)31)16(2)32-27-24/h4,7-8,15,17-18H,3,5-6,9-14H2,1-2H3. The van der Waals surface area contributed by atoms with Gasteiger partial charge in [0.05, 0.1) is 10.5 Å². The monoisotopic (exact) mass is 455 g/mol. The summed E-state index contributed by atoms with van der Waals surface area (Å²) in [6, 6.07) is 5.68. The Balaban J connectivity index is 1.46. The van der Waals surface area contributed by atoms with Crippen molar-refractivity contribution in [1.82, 2.24) is 14.6 Å². The minimum atomic E-state index is -0.0736. The van der Waals surface area contributed by atoms with Gasteiger partial charge < -0.3 is 14.0 Å². The number of likely N-dealkylation sites (tertiary alicyclic amines) is 1. The van der Waals surface area contributed by atoms with Crippen molar-refractivity contribution in [3.05, 3.63) is 39.3 Å². The molecule has 2 unspecified atom stereocenters. The van der Waals surface area contributed by atoms with E-state index in [2.05, 4.69) is 12.1 Å². The maximum atomic E-state index is 13.6. The Morgan fingerprint density at radius 2 is 1.97 bits per heavy atom. The van der Waals surface area contributed by atoms with Gasteiger partial charge in [0.1, 0.15) is 16.7 Å². The van der Waals surface area contributed by atoms with Crippen molar-refractivity contribution in [2.45, 2.75) is 64.8 Å².